The van der Waals surface area contributed by atoms with Gasteiger partial charge in [-0.05, 0) is 12.2 Å². The van der Waals surface area contributed by atoms with Crippen molar-refractivity contribution in [2.45, 2.75) is 0 Å². The molecule has 0 saturated carbocycles. The number of fused-ring (bicyclic) bond motifs is 1. The summed E-state index contributed by atoms with van der Waals surface area (Å²) in [5.41, 5.74) is 13.0. The van der Waals surface area contributed by atoms with Crippen LogP contribution in [0.5, 0.6) is 0 Å². The van der Waals surface area contributed by atoms with E-state index < -0.39 is 5.56 Å². The number of H-pyrrole nitrogens is 1. The Morgan fingerprint density at radius 2 is 2.33 bits per heavy atom. The molecule has 0 radical (unpaired) electrons. The summed E-state index contributed by atoms with van der Waals surface area (Å²) in [6, 6.07) is 0. The van der Waals surface area contributed by atoms with E-state index in [4.69, 9.17) is 11.5 Å². The number of aromatic amines is 1. The lowest BCUT2D eigenvalue weighted by Gasteiger charge is -1.98. The Labute approximate surface area is 105 Å². The number of nitrogen functional groups attached to an aromatic ring is 1. The molecule has 18 heavy (non-hydrogen) atoms. The van der Waals surface area contributed by atoms with Crippen LogP contribution in [0.3, 0.4) is 0 Å². The lowest BCUT2D eigenvalue weighted by Crippen LogP contribution is -2.24. The van der Waals surface area contributed by atoms with Crippen LogP contribution < -0.4 is 22.5 Å². The largest absolute Gasteiger partial charge is 0.375 e. The molecule has 0 fully saturated rings. The van der Waals surface area contributed by atoms with E-state index in [0.717, 1.165) is 0 Å². The van der Waals surface area contributed by atoms with Gasteiger partial charge in [-0.15, -0.1) is 0 Å². The van der Waals surface area contributed by atoms with Gasteiger partial charge < -0.3 is 11.5 Å². The molecule has 9 nitrogen and oxygen atoms in total. The van der Waals surface area contributed by atoms with Gasteiger partial charge in [-0.2, -0.15) is 10.1 Å². The van der Waals surface area contributed by atoms with Crippen LogP contribution in [0.25, 0.3) is 11.2 Å². The summed E-state index contributed by atoms with van der Waals surface area (Å²) in [6.07, 6.45) is 2.71. The van der Waals surface area contributed by atoms with Crippen molar-refractivity contribution in [3.05, 3.63) is 22.2 Å². The highest BCUT2D eigenvalue weighted by molar-refractivity contribution is 7.80. The summed E-state index contributed by atoms with van der Waals surface area (Å²) in [7, 11) is 0. The Bertz CT molecular complexity index is 693. The first-order valence-corrected chi connectivity index (χ1v) is 5.08. The van der Waals surface area contributed by atoms with Gasteiger partial charge in [-0.25, -0.2) is 9.97 Å². The first-order chi connectivity index (χ1) is 8.56. The van der Waals surface area contributed by atoms with Gasteiger partial charge in [0.2, 0.25) is 5.95 Å². The van der Waals surface area contributed by atoms with Gasteiger partial charge in [0.15, 0.2) is 16.3 Å². The average Bonchev–Trinajstić information content (AvgIpc) is 2.29. The Balaban J connectivity index is 2.41. The Hall–Kier alpha value is -2.62. The van der Waals surface area contributed by atoms with E-state index in [9.17, 15) is 4.79 Å². The van der Waals surface area contributed by atoms with Crippen molar-refractivity contribution in [3.63, 3.8) is 0 Å². The molecule has 0 amide bonds. The van der Waals surface area contributed by atoms with E-state index in [1.807, 2.05) is 0 Å². The molecule has 2 heterocycles. The van der Waals surface area contributed by atoms with Crippen molar-refractivity contribution < 1.29 is 0 Å². The molecule has 0 aliphatic carbocycles. The fourth-order valence-corrected chi connectivity index (χ4v) is 1.23. The number of anilines is 1. The lowest BCUT2D eigenvalue weighted by atomic mass is 10.4. The molecule has 92 valence electrons. The van der Waals surface area contributed by atoms with Crippen LogP contribution in [0.4, 0.5) is 5.95 Å². The summed E-state index contributed by atoms with van der Waals surface area (Å²) < 4.78 is 0. The fourth-order valence-electron chi connectivity index (χ4n) is 1.17. The number of hydrazone groups is 1. The van der Waals surface area contributed by atoms with Crippen LogP contribution in [0.2, 0.25) is 0 Å². The molecular weight excluding hydrogens is 256 g/mol. The van der Waals surface area contributed by atoms with Crippen molar-refractivity contribution in [2.75, 3.05) is 5.73 Å². The number of rotatable bonds is 2. The predicted molar refractivity (Wildman–Crippen MR) is 69.9 cm³/mol. The lowest BCUT2D eigenvalue weighted by molar-refractivity contribution is 1.04. The SMILES string of the molecule is NC(=S)NN=Cc1cnc2nc(N)[nH]c(=O)c2n1. The van der Waals surface area contributed by atoms with Crippen LogP contribution in [0.1, 0.15) is 5.69 Å². The van der Waals surface area contributed by atoms with Crippen molar-refractivity contribution in [1.29, 1.82) is 0 Å². The topological polar surface area (TPSA) is 148 Å². The molecule has 2 aromatic heterocycles. The number of hydrogen-bond donors (Lipinski definition) is 4. The maximum atomic E-state index is 11.6. The van der Waals surface area contributed by atoms with Crippen LogP contribution in [-0.4, -0.2) is 31.3 Å². The molecule has 0 unspecified atom stereocenters. The van der Waals surface area contributed by atoms with Gasteiger partial charge in [0.05, 0.1) is 12.4 Å². The fraction of sp³-hybridized carbons (Fsp3) is 0. The van der Waals surface area contributed by atoms with Gasteiger partial charge in [0.1, 0.15) is 5.69 Å². The maximum Gasteiger partial charge on any atom is 0.280 e. The van der Waals surface area contributed by atoms with Crippen molar-refractivity contribution >= 4 is 40.7 Å². The van der Waals surface area contributed by atoms with Crippen LogP contribution in [-0.2, 0) is 0 Å². The zero-order chi connectivity index (χ0) is 13.1. The van der Waals surface area contributed by atoms with Gasteiger partial charge in [0, 0.05) is 0 Å². The minimum atomic E-state index is -0.470. The Morgan fingerprint density at radius 1 is 1.56 bits per heavy atom. The van der Waals surface area contributed by atoms with E-state index in [1.165, 1.54) is 12.4 Å². The zero-order valence-electron chi connectivity index (χ0n) is 8.91. The van der Waals surface area contributed by atoms with E-state index in [2.05, 4.69) is 42.7 Å². The smallest absolute Gasteiger partial charge is 0.280 e. The number of nitrogens with two attached hydrogens (primary N) is 2. The van der Waals surface area contributed by atoms with Crippen molar-refractivity contribution in [2.24, 2.45) is 10.8 Å². The Morgan fingerprint density at radius 3 is 3.06 bits per heavy atom. The van der Waals surface area contributed by atoms with Gasteiger partial charge in [-0.3, -0.25) is 15.2 Å². The maximum absolute atomic E-state index is 11.6. The number of aromatic nitrogens is 4. The average molecular weight is 264 g/mol. The third-order valence-corrected chi connectivity index (χ3v) is 1.92. The van der Waals surface area contributed by atoms with Crippen molar-refractivity contribution in [3.8, 4) is 0 Å². The van der Waals surface area contributed by atoms with E-state index in [-0.39, 0.29) is 22.2 Å². The predicted octanol–water partition coefficient (Wildman–Crippen LogP) is -1.54. The minimum absolute atomic E-state index is 0.0154. The van der Waals surface area contributed by atoms with Crippen molar-refractivity contribution in [1.82, 2.24) is 25.4 Å². The van der Waals surface area contributed by atoms with E-state index >= 15 is 0 Å². The molecule has 0 atom stereocenters. The highest BCUT2D eigenvalue weighted by Crippen LogP contribution is 2.01. The Kier molecular flexibility index (Phi) is 3.10. The molecule has 0 spiro atoms. The molecule has 2 aromatic rings. The third kappa shape index (κ3) is 2.55. The molecule has 0 saturated heterocycles. The van der Waals surface area contributed by atoms with Gasteiger partial charge in [0.25, 0.3) is 5.56 Å². The number of thiocarbonyl (C=S) groups is 1. The second-order valence-electron chi connectivity index (χ2n) is 3.15. The van der Waals surface area contributed by atoms with Crippen LogP contribution in [0, 0.1) is 0 Å². The molecule has 0 aromatic carbocycles. The molecule has 6 N–H and O–H groups in total. The zero-order valence-corrected chi connectivity index (χ0v) is 9.73. The molecule has 0 bridgehead atoms. The minimum Gasteiger partial charge on any atom is -0.375 e. The number of nitrogens with one attached hydrogen (secondary N) is 2. The molecule has 10 heteroatoms. The van der Waals surface area contributed by atoms with E-state index in [1.54, 1.807) is 0 Å². The second-order valence-corrected chi connectivity index (χ2v) is 3.59. The van der Waals surface area contributed by atoms with Crippen LogP contribution >= 0.6 is 12.2 Å². The molecule has 2 rings (SSSR count). The number of hydrogen-bond acceptors (Lipinski definition) is 7. The summed E-state index contributed by atoms with van der Waals surface area (Å²) in [5.74, 6) is -0.0154. The van der Waals surface area contributed by atoms with Gasteiger partial charge in [-0.1, -0.05) is 0 Å². The van der Waals surface area contributed by atoms with E-state index in [0.29, 0.717) is 5.69 Å². The first-order valence-electron chi connectivity index (χ1n) is 4.67. The van der Waals surface area contributed by atoms with Crippen LogP contribution in [0.15, 0.2) is 16.1 Å². The summed E-state index contributed by atoms with van der Waals surface area (Å²) in [6.45, 7) is 0. The molecular formula is C8H8N8OS. The normalized spacial score (nSPS) is 10.9. The molecule has 0 aliphatic rings. The summed E-state index contributed by atoms with van der Waals surface area (Å²) in [4.78, 5) is 25.7. The standard InChI is InChI=1S/C8H8N8OS/c9-7-14-5-4(6(17)15-7)13-3(1-11-5)2-12-16-8(10)18/h1-2H,(H3,10,16,18)(H3,9,11,14,15,17). The second kappa shape index (κ2) is 4.71. The number of nitrogens with zero attached hydrogens (tertiary/aromatic N) is 4. The highest BCUT2D eigenvalue weighted by atomic mass is 32.1. The summed E-state index contributed by atoms with van der Waals surface area (Å²) in [5, 5.41) is 3.71. The van der Waals surface area contributed by atoms with Gasteiger partial charge >= 0.3 is 0 Å². The third-order valence-electron chi connectivity index (χ3n) is 1.83. The molecule has 0 aliphatic heterocycles. The monoisotopic (exact) mass is 264 g/mol. The summed E-state index contributed by atoms with van der Waals surface area (Å²) >= 11 is 4.56. The first kappa shape index (κ1) is 11.9. The quantitative estimate of drug-likeness (QED) is 0.290. The highest BCUT2D eigenvalue weighted by Gasteiger charge is 2.05.